The lowest BCUT2D eigenvalue weighted by molar-refractivity contribution is -0.116. The summed E-state index contributed by atoms with van der Waals surface area (Å²) in [4.78, 5) is 30.0. The molecule has 172 valence electrons. The Kier molecular flexibility index (Phi) is 7.10. The van der Waals surface area contributed by atoms with Gasteiger partial charge in [0.2, 0.25) is 5.91 Å². The molecule has 1 amide bonds. The van der Waals surface area contributed by atoms with Crippen molar-refractivity contribution in [1.82, 2.24) is 9.55 Å². The maximum absolute atomic E-state index is 13.1. The van der Waals surface area contributed by atoms with Crippen molar-refractivity contribution in [3.05, 3.63) is 80.6 Å². The normalized spacial score (nSPS) is 15.3. The molecule has 1 N–H and O–H groups in total. The summed E-state index contributed by atoms with van der Waals surface area (Å²) in [6.45, 7) is 4.82. The van der Waals surface area contributed by atoms with Crippen molar-refractivity contribution in [2.75, 3.05) is 11.9 Å². The van der Waals surface area contributed by atoms with Crippen LogP contribution in [0.2, 0.25) is 5.02 Å². The van der Waals surface area contributed by atoms with Gasteiger partial charge >= 0.3 is 0 Å². The van der Waals surface area contributed by atoms with E-state index in [9.17, 15) is 9.59 Å². The molecule has 0 spiro atoms. The molecule has 0 saturated heterocycles. The first-order valence-corrected chi connectivity index (χ1v) is 12.2. The standard InChI is InChI=1S/C25H26ClN3O3S/c1-15(2)13-32-18-10-8-16(9-11-18)19-12-21(30)27-23-22(19)24(31)28-25(29(23)3)33-14-17-6-4-5-7-20(17)26/h4-11,15,19H,12-14H2,1-3H3,(H,27,30)/t19-/m0/s1. The number of benzene rings is 2. The summed E-state index contributed by atoms with van der Waals surface area (Å²) >= 11 is 7.67. The van der Waals surface area contributed by atoms with Crippen LogP contribution >= 0.6 is 23.4 Å². The van der Waals surface area contributed by atoms with Crippen LogP contribution in [0.5, 0.6) is 5.75 Å². The van der Waals surface area contributed by atoms with Crippen LogP contribution in [0, 0.1) is 5.92 Å². The summed E-state index contributed by atoms with van der Waals surface area (Å²) in [6, 6.07) is 15.2. The second-order valence-electron chi connectivity index (χ2n) is 8.48. The van der Waals surface area contributed by atoms with E-state index in [1.807, 2.05) is 55.6 Å². The Morgan fingerprint density at radius 1 is 1.18 bits per heavy atom. The van der Waals surface area contributed by atoms with Crippen LogP contribution in [0.15, 0.2) is 58.5 Å². The van der Waals surface area contributed by atoms with Gasteiger partial charge in [-0.05, 0) is 35.2 Å². The van der Waals surface area contributed by atoms with E-state index in [4.69, 9.17) is 16.3 Å². The van der Waals surface area contributed by atoms with Gasteiger partial charge in [0.25, 0.3) is 5.56 Å². The van der Waals surface area contributed by atoms with Crippen molar-refractivity contribution >= 4 is 35.1 Å². The lowest BCUT2D eigenvalue weighted by Gasteiger charge is -2.27. The smallest absolute Gasteiger partial charge is 0.279 e. The fourth-order valence-corrected chi connectivity index (χ4v) is 5.02. The topological polar surface area (TPSA) is 73.2 Å². The van der Waals surface area contributed by atoms with Crippen LogP contribution in [-0.4, -0.2) is 22.1 Å². The number of fused-ring (bicyclic) bond motifs is 1. The van der Waals surface area contributed by atoms with Crippen molar-refractivity contribution in [3.8, 4) is 5.75 Å². The molecule has 1 aromatic heterocycles. The molecule has 1 aliphatic heterocycles. The maximum atomic E-state index is 13.1. The molecule has 0 aliphatic carbocycles. The van der Waals surface area contributed by atoms with E-state index in [0.717, 1.165) is 16.9 Å². The maximum Gasteiger partial charge on any atom is 0.279 e. The Balaban J connectivity index is 1.63. The number of thioether (sulfide) groups is 1. The highest BCUT2D eigenvalue weighted by molar-refractivity contribution is 7.98. The van der Waals surface area contributed by atoms with Gasteiger partial charge in [-0.1, -0.05) is 67.5 Å². The number of carbonyl (C=O) groups excluding carboxylic acids is 1. The molecule has 0 fully saturated rings. The molecule has 0 saturated carbocycles. The van der Waals surface area contributed by atoms with Crippen molar-refractivity contribution in [1.29, 1.82) is 0 Å². The van der Waals surface area contributed by atoms with Crippen LogP contribution in [0.1, 0.15) is 42.9 Å². The summed E-state index contributed by atoms with van der Waals surface area (Å²) in [7, 11) is 1.81. The number of rotatable bonds is 7. The van der Waals surface area contributed by atoms with E-state index in [0.29, 0.717) is 39.8 Å². The minimum atomic E-state index is -0.360. The van der Waals surface area contributed by atoms with Gasteiger partial charge in [0.1, 0.15) is 11.6 Å². The van der Waals surface area contributed by atoms with Crippen molar-refractivity contribution < 1.29 is 9.53 Å². The van der Waals surface area contributed by atoms with E-state index in [-0.39, 0.29) is 23.8 Å². The van der Waals surface area contributed by atoms with Crippen molar-refractivity contribution in [2.24, 2.45) is 13.0 Å². The summed E-state index contributed by atoms with van der Waals surface area (Å²) in [6.07, 6.45) is 0.197. The molecule has 6 nitrogen and oxygen atoms in total. The highest BCUT2D eigenvalue weighted by Crippen LogP contribution is 2.37. The molecule has 3 aromatic rings. The number of hydrogen-bond acceptors (Lipinski definition) is 5. The fourth-order valence-electron chi connectivity index (χ4n) is 3.77. The molecular formula is C25H26ClN3O3S. The number of halogens is 1. The fraction of sp³-hybridized carbons (Fsp3) is 0.320. The minimum absolute atomic E-state index is 0.129. The third-order valence-electron chi connectivity index (χ3n) is 5.48. The van der Waals surface area contributed by atoms with E-state index in [1.54, 1.807) is 4.57 Å². The molecule has 1 aliphatic rings. The Morgan fingerprint density at radius 3 is 2.61 bits per heavy atom. The summed E-state index contributed by atoms with van der Waals surface area (Å²) in [5.41, 5.74) is 2.03. The highest BCUT2D eigenvalue weighted by Gasteiger charge is 2.32. The van der Waals surface area contributed by atoms with Crippen molar-refractivity contribution in [3.63, 3.8) is 0 Å². The number of amides is 1. The summed E-state index contributed by atoms with van der Waals surface area (Å²) in [5, 5.41) is 4.08. The Morgan fingerprint density at radius 2 is 1.91 bits per heavy atom. The summed E-state index contributed by atoms with van der Waals surface area (Å²) in [5.74, 6) is 1.77. The molecule has 2 heterocycles. The first-order valence-electron chi connectivity index (χ1n) is 10.8. The lowest BCUT2D eigenvalue weighted by Crippen LogP contribution is -2.33. The third kappa shape index (κ3) is 5.25. The van der Waals surface area contributed by atoms with E-state index in [2.05, 4.69) is 24.1 Å². The average Bonchev–Trinajstić information content (AvgIpc) is 2.79. The van der Waals surface area contributed by atoms with Crippen LogP contribution in [0.25, 0.3) is 0 Å². The van der Waals surface area contributed by atoms with Crippen LogP contribution in [0.3, 0.4) is 0 Å². The van der Waals surface area contributed by atoms with Gasteiger partial charge in [0.05, 0.1) is 12.2 Å². The molecule has 33 heavy (non-hydrogen) atoms. The number of nitrogens with zero attached hydrogens (tertiary/aromatic N) is 2. The largest absolute Gasteiger partial charge is 0.493 e. The number of anilines is 1. The number of nitrogens with one attached hydrogen (secondary N) is 1. The zero-order valence-corrected chi connectivity index (χ0v) is 20.4. The number of aromatic nitrogens is 2. The van der Waals surface area contributed by atoms with Gasteiger partial charge in [-0.2, -0.15) is 4.98 Å². The van der Waals surface area contributed by atoms with E-state index >= 15 is 0 Å². The van der Waals surface area contributed by atoms with Gasteiger partial charge < -0.3 is 14.6 Å². The Labute approximate surface area is 202 Å². The molecule has 0 unspecified atom stereocenters. The molecular weight excluding hydrogens is 458 g/mol. The zero-order valence-electron chi connectivity index (χ0n) is 18.8. The SMILES string of the molecule is CC(C)COc1ccc([C@@H]2CC(=O)Nc3c2c(=O)nc(SCc2ccccc2Cl)n3C)cc1. The Bertz CT molecular complexity index is 1220. The third-order valence-corrected chi connectivity index (χ3v) is 6.93. The quantitative estimate of drug-likeness (QED) is 0.367. The highest BCUT2D eigenvalue weighted by atomic mass is 35.5. The van der Waals surface area contributed by atoms with Crippen molar-refractivity contribution in [2.45, 2.75) is 37.1 Å². The first kappa shape index (κ1) is 23.4. The molecule has 0 radical (unpaired) electrons. The van der Waals surface area contributed by atoms with Crippen LogP contribution < -0.4 is 15.6 Å². The number of ether oxygens (including phenoxy) is 1. The molecule has 0 bridgehead atoms. The monoisotopic (exact) mass is 483 g/mol. The number of carbonyl (C=O) groups is 1. The first-order chi connectivity index (χ1) is 15.8. The second-order valence-corrected chi connectivity index (χ2v) is 9.83. The lowest BCUT2D eigenvalue weighted by atomic mass is 9.87. The minimum Gasteiger partial charge on any atom is -0.493 e. The van der Waals surface area contributed by atoms with Gasteiger partial charge in [-0.25, -0.2) is 0 Å². The Hall–Kier alpha value is -2.77. The number of hydrogen-bond donors (Lipinski definition) is 1. The molecule has 4 rings (SSSR count). The summed E-state index contributed by atoms with van der Waals surface area (Å²) < 4.78 is 7.54. The van der Waals surface area contributed by atoms with E-state index in [1.165, 1.54) is 11.8 Å². The molecule has 8 heteroatoms. The molecule has 1 atom stereocenters. The van der Waals surface area contributed by atoms with Gasteiger partial charge in [0.15, 0.2) is 5.16 Å². The van der Waals surface area contributed by atoms with E-state index < -0.39 is 0 Å². The predicted octanol–water partition coefficient (Wildman–Crippen LogP) is 5.23. The van der Waals surface area contributed by atoms with Gasteiger partial charge in [-0.3, -0.25) is 9.59 Å². The van der Waals surface area contributed by atoms with Gasteiger partial charge in [-0.15, -0.1) is 0 Å². The predicted molar refractivity (Wildman–Crippen MR) is 132 cm³/mol. The molecule has 2 aromatic carbocycles. The van der Waals surface area contributed by atoms with Crippen LogP contribution in [-0.2, 0) is 17.6 Å². The zero-order chi connectivity index (χ0) is 23.5. The van der Waals surface area contributed by atoms with Gasteiger partial charge in [0, 0.05) is 30.2 Å². The second kappa shape index (κ2) is 10.0. The van der Waals surface area contributed by atoms with Crippen LogP contribution in [0.4, 0.5) is 5.82 Å². The average molecular weight is 484 g/mol.